The zero-order chi connectivity index (χ0) is 20.5. The highest BCUT2D eigenvalue weighted by Crippen LogP contribution is 2.17. The minimum absolute atomic E-state index is 0.0858. The highest BCUT2D eigenvalue weighted by atomic mass is 16.5. The molecule has 0 aromatic heterocycles. The van der Waals surface area contributed by atoms with Crippen LogP contribution in [0.2, 0.25) is 0 Å². The quantitative estimate of drug-likeness (QED) is 0.718. The van der Waals surface area contributed by atoms with E-state index >= 15 is 0 Å². The third-order valence-corrected chi connectivity index (χ3v) is 4.53. The zero-order valence-electron chi connectivity index (χ0n) is 17.0. The number of hydrogen-bond acceptors (Lipinski definition) is 4. The highest BCUT2D eigenvalue weighted by Gasteiger charge is 2.12. The standard InChI is InChI=1S/C22H28N2O4/c1-16-5-6-19(15-17(16)2)23-22(26)11-12-24(18(3)25)13-14-28-21-9-7-20(27-4)8-10-21/h5-10,15H,11-14H2,1-4H3,(H,23,26). The predicted octanol–water partition coefficient (Wildman–Crippen LogP) is 3.57. The van der Waals surface area contributed by atoms with Crippen LogP contribution in [0, 0.1) is 13.8 Å². The van der Waals surface area contributed by atoms with Gasteiger partial charge in [-0.1, -0.05) is 6.07 Å². The number of carbonyl (C=O) groups is 2. The van der Waals surface area contributed by atoms with E-state index in [1.165, 1.54) is 12.5 Å². The molecule has 6 heteroatoms. The number of carbonyl (C=O) groups excluding carboxylic acids is 2. The monoisotopic (exact) mass is 384 g/mol. The minimum Gasteiger partial charge on any atom is -0.497 e. The molecule has 0 saturated carbocycles. The molecule has 0 unspecified atom stereocenters. The van der Waals surface area contributed by atoms with Gasteiger partial charge in [0.2, 0.25) is 11.8 Å². The molecule has 1 N–H and O–H groups in total. The van der Waals surface area contributed by atoms with E-state index in [4.69, 9.17) is 9.47 Å². The van der Waals surface area contributed by atoms with Gasteiger partial charge in [0.1, 0.15) is 18.1 Å². The van der Waals surface area contributed by atoms with E-state index in [2.05, 4.69) is 5.32 Å². The van der Waals surface area contributed by atoms with Gasteiger partial charge in [0.25, 0.3) is 0 Å². The number of methoxy groups -OCH3 is 1. The first-order valence-corrected chi connectivity index (χ1v) is 9.28. The van der Waals surface area contributed by atoms with Gasteiger partial charge in [-0.2, -0.15) is 0 Å². The van der Waals surface area contributed by atoms with Gasteiger partial charge < -0.3 is 19.7 Å². The number of hydrogen-bond donors (Lipinski definition) is 1. The van der Waals surface area contributed by atoms with E-state index in [0.29, 0.717) is 25.4 Å². The van der Waals surface area contributed by atoms with Crippen LogP contribution in [0.5, 0.6) is 11.5 Å². The van der Waals surface area contributed by atoms with Gasteiger partial charge in [-0.05, 0) is 61.4 Å². The van der Waals surface area contributed by atoms with Crippen molar-refractivity contribution in [1.29, 1.82) is 0 Å². The number of amides is 2. The van der Waals surface area contributed by atoms with Gasteiger partial charge in [-0.3, -0.25) is 9.59 Å². The molecule has 150 valence electrons. The van der Waals surface area contributed by atoms with Crippen LogP contribution >= 0.6 is 0 Å². The zero-order valence-corrected chi connectivity index (χ0v) is 17.0. The molecule has 0 radical (unpaired) electrons. The van der Waals surface area contributed by atoms with Gasteiger partial charge in [-0.15, -0.1) is 0 Å². The summed E-state index contributed by atoms with van der Waals surface area (Å²) in [7, 11) is 1.61. The van der Waals surface area contributed by atoms with Crippen LogP contribution in [0.15, 0.2) is 42.5 Å². The van der Waals surface area contributed by atoms with E-state index < -0.39 is 0 Å². The number of nitrogens with one attached hydrogen (secondary N) is 1. The molecule has 2 aromatic carbocycles. The Labute approximate surface area is 166 Å². The molecule has 0 saturated heterocycles. The van der Waals surface area contributed by atoms with Crippen LogP contribution in [-0.2, 0) is 9.59 Å². The Hall–Kier alpha value is -3.02. The first kappa shape index (κ1) is 21.3. The Bertz CT molecular complexity index is 803. The first-order valence-electron chi connectivity index (χ1n) is 9.28. The van der Waals surface area contributed by atoms with E-state index in [-0.39, 0.29) is 18.2 Å². The van der Waals surface area contributed by atoms with E-state index in [0.717, 1.165) is 17.0 Å². The second-order valence-electron chi connectivity index (χ2n) is 6.63. The second kappa shape index (κ2) is 10.3. The molecular weight excluding hydrogens is 356 g/mol. The maximum atomic E-state index is 12.2. The van der Waals surface area contributed by atoms with Crippen LogP contribution in [-0.4, -0.2) is 43.5 Å². The van der Waals surface area contributed by atoms with Crippen molar-refractivity contribution < 1.29 is 19.1 Å². The number of ether oxygens (including phenoxy) is 2. The SMILES string of the molecule is COc1ccc(OCCN(CCC(=O)Nc2ccc(C)c(C)c2)C(C)=O)cc1. The molecule has 28 heavy (non-hydrogen) atoms. The van der Waals surface area contributed by atoms with Gasteiger partial charge in [0, 0.05) is 25.6 Å². The smallest absolute Gasteiger partial charge is 0.226 e. The van der Waals surface area contributed by atoms with Crippen LogP contribution in [0.1, 0.15) is 24.5 Å². The van der Waals surface area contributed by atoms with Crippen molar-refractivity contribution in [2.24, 2.45) is 0 Å². The van der Waals surface area contributed by atoms with E-state index in [1.54, 1.807) is 12.0 Å². The third kappa shape index (κ3) is 6.61. The molecule has 0 spiro atoms. The minimum atomic E-state index is -0.120. The molecule has 0 aliphatic heterocycles. The Morgan fingerprint density at radius 3 is 2.25 bits per heavy atom. The van der Waals surface area contributed by atoms with Crippen LogP contribution in [0.4, 0.5) is 5.69 Å². The summed E-state index contributed by atoms with van der Waals surface area (Å²) in [4.78, 5) is 25.7. The Morgan fingerprint density at radius 2 is 1.64 bits per heavy atom. The highest BCUT2D eigenvalue weighted by molar-refractivity contribution is 5.91. The molecule has 0 aliphatic rings. The fourth-order valence-electron chi connectivity index (χ4n) is 2.65. The van der Waals surface area contributed by atoms with Crippen molar-refractivity contribution in [2.75, 3.05) is 32.1 Å². The number of benzene rings is 2. The number of aryl methyl sites for hydroxylation is 2. The van der Waals surface area contributed by atoms with Crippen molar-refractivity contribution in [2.45, 2.75) is 27.2 Å². The third-order valence-electron chi connectivity index (χ3n) is 4.53. The molecule has 0 bridgehead atoms. The average Bonchev–Trinajstić information content (AvgIpc) is 2.67. The lowest BCUT2D eigenvalue weighted by molar-refractivity contribution is -0.129. The van der Waals surface area contributed by atoms with Crippen molar-refractivity contribution >= 4 is 17.5 Å². The predicted molar refractivity (Wildman–Crippen MR) is 110 cm³/mol. The maximum Gasteiger partial charge on any atom is 0.226 e. The summed E-state index contributed by atoms with van der Waals surface area (Å²) in [5.41, 5.74) is 3.07. The summed E-state index contributed by atoms with van der Waals surface area (Å²) in [6.07, 6.45) is 0.231. The summed E-state index contributed by atoms with van der Waals surface area (Å²) >= 11 is 0. The molecule has 2 rings (SSSR count). The lowest BCUT2D eigenvalue weighted by Gasteiger charge is -2.21. The Kier molecular flexibility index (Phi) is 7.87. The number of anilines is 1. The summed E-state index contributed by atoms with van der Waals surface area (Å²) in [5.74, 6) is 1.26. The van der Waals surface area contributed by atoms with Gasteiger partial charge in [0.05, 0.1) is 13.7 Å². The van der Waals surface area contributed by atoms with E-state index in [1.807, 2.05) is 56.3 Å². The van der Waals surface area contributed by atoms with Crippen LogP contribution < -0.4 is 14.8 Å². The fraction of sp³-hybridized carbons (Fsp3) is 0.364. The maximum absolute atomic E-state index is 12.2. The second-order valence-corrected chi connectivity index (χ2v) is 6.63. The largest absolute Gasteiger partial charge is 0.497 e. The normalized spacial score (nSPS) is 10.3. The van der Waals surface area contributed by atoms with Crippen LogP contribution in [0.3, 0.4) is 0 Å². The average molecular weight is 384 g/mol. The Balaban J connectivity index is 1.78. The van der Waals surface area contributed by atoms with Crippen molar-refractivity contribution in [3.8, 4) is 11.5 Å². The van der Waals surface area contributed by atoms with Crippen molar-refractivity contribution in [1.82, 2.24) is 4.90 Å². The van der Waals surface area contributed by atoms with Crippen molar-refractivity contribution in [3.05, 3.63) is 53.6 Å². The molecule has 2 amide bonds. The lowest BCUT2D eigenvalue weighted by atomic mass is 10.1. The first-order chi connectivity index (χ1) is 13.4. The molecule has 0 fully saturated rings. The molecule has 0 heterocycles. The van der Waals surface area contributed by atoms with E-state index in [9.17, 15) is 9.59 Å². The van der Waals surface area contributed by atoms with Gasteiger partial charge >= 0.3 is 0 Å². The lowest BCUT2D eigenvalue weighted by Crippen LogP contribution is -2.35. The molecule has 2 aromatic rings. The Morgan fingerprint density at radius 1 is 0.964 bits per heavy atom. The van der Waals surface area contributed by atoms with Gasteiger partial charge in [0.15, 0.2) is 0 Å². The summed E-state index contributed by atoms with van der Waals surface area (Å²) < 4.78 is 10.8. The number of rotatable bonds is 9. The summed E-state index contributed by atoms with van der Waals surface area (Å²) in [6.45, 7) is 6.64. The topological polar surface area (TPSA) is 67.9 Å². The van der Waals surface area contributed by atoms with Crippen molar-refractivity contribution in [3.63, 3.8) is 0 Å². The molecule has 0 atom stereocenters. The molecular formula is C22H28N2O4. The fourth-order valence-corrected chi connectivity index (χ4v) is 2.65. The molecule has 6 nitrogen and oxygen atoms in total. The summed E-state index contributed by atoms with van der Waals surface area (Å²) in [5, 5.41) is 2.88. The van der Waals surface area contributed by atoms with Gasteiger partial charge in [-0.25, -0.2) is 0 Å². The molecule has 0 aliphatic carbocycles. The van der Waals surface area contributed by atoms with Crippen LogP contribution in [0.25, 0.3) is 0 Å². The number of nitrogens with zero attached hydrogens (tertiary/aromatic N) is 1. The summed E-state index contributed by atoms with van der Waals surface area (Å²) in [6, 6.07) is 13.1.